The average molecular weight is 745 g/mol. The Bertz CT molecular complexity index is 917. The molecule has 1 spiro atoms. The average Bonchev–Trinajstić information content (AvgIpc) is 3.10. The van der Waals surface area contributed by atoms with Gasteiger partial charge in [-0.05, 0) is 25.8 Å². The molecule has 306 valence electrons. The predicted octanol–water partition coefficient (Wildman–Crippen LogP) is 3.94. The molecular formula is C40H76N2O10. The Morgan fingerprint density at radius 3 is 1.85 bits per heavy atom. The Morgan fingerprint density at radius 2 is 1.31 bits per heavy atom. The van der Waals surface area contributed by atoms with Crippen LogP contribution in [0.4, 0.5) is 0 Å². The summed E-state index contributed by atoms with van der Waals surface area (Å²) in [7, 11) is 0. The van der Waals surface area contributed by atoms with Crippen molar-refractivity contribution in [1.82, 2.24) is 10.2 Å². The van der Waals surface area contributed by atoms with Gasteiger partial charge < -0.3 is 55.1 Å². The highest BCUT2D eigenvalue weighted by Crippen LogP contribution is 2.37. The molecule has 12 heteroatoms. The highest BCUT2D eigenvalue weighted by molar-refractivity contribution is 5.76. The second-order valence-corrected chi connectivity index (χ2v) is 16.2. The fraction of sp³-hybridized carbons (Fsp3) is 0.975. The number of hydrogen-bond donors (Lipinski definition) is 7. The zero-order chi connectivity index (χ0) is 37.6. The van der Waals surface area contributed by atoms with Crippen LogP contribution in [0.5, 0.6) is 0 Å². The number of ether oxygens (including phenoxy) is 3. The largest absolute Gasteiger partial charge is 0.394 e. The number of nitrogens with zero attached hydrogens (tertiary/aromatic N) is 1. The van der Waals surface area contributed by atoms with Crippen molar-refractivity contribution in [2.24, 2.45) is 5.41 Å². The standard InChI is InChI=1S/C40H76N2O10/c1-2-3-4-5-6-7-8-9-10-13-16-19-22-32(44)35(46)31(26-51-39-38(49)37(48)36(47)33(25-43)52-39)41-34(45)23-20-17-14-11-12-15-18-21-24-42-27-40(28-42)29-50-30-40/h31-33,35-39,43-44,46-49H,2-30H2,1H3,(H,41,45)/t31-,32+,33?,35-,36?,37?,38?,39?/m0/s1. The lowest BCUT2D eigenvalue weighted by Crippen LogP contribution is -2.65. The lowest BCUT2D eigenvalue weighted by atomic mass is 9.78. The zero-order valence-corrected chi connectivity index (χ0v) is 32.4. The lowest BCUT2D eigenvalue weighted by molar-refractivity contribution is -0.303. The summed E-state index contributed by atoms with van der Waals surface area (Å²) < 4.78 is 16.5. The minimum atomic E-state index is -1.61. The fourth-order valence-corrected chi connectivity index (χ4v) is 7.86. The summed E-state index contributed by atoms with van der Waals surface area (Å²) in [5.74, 6) is -0.264. The molecule has 0 aromatic carbocycles. The van der Waals surface area contributed by atoms with E-state index in [9.17, 15) is 35.4 Å². The maximum atomic E-state index is 13.0. The fourth-order valence-electron chi connectivity index (χ4n) is 7.86. The second kappa shape index (κ2) is 26.0. The summed E-state index contributed by atoms with van der Waals surface area (Å²) in [5, 5.41) is 65.0. The minimum absolute atomic E-state index is 0.264. The Labute approximate surface area is 314 Å². The van der Waals surface area contributed by atoms with Gasteiger partial charge in [-0.2, -0.15) is 0 Å². The molecule has 0 radical (unpaired) electrons. The maximum absolute atomic E-state index is 13.0. The zero-order valence-electron chi connectivity index (χ0n) is 32.4. The molecule has 3 aliphatic rings. The van der Waals surface area contributed by atoms with Gasteiger partial charge >= 0.3 is 0 Å². The molecule has 52 heavy (non-hydrogen) atoms. The van der Waals surface area contributed by atoms with Gasteiger partial charge in [0, 0.05) is 24.9 Å². The molecule has 3 rings (SSSR count). The smallest absolute Gasteiger partial charge is 0.220 e. The third-order valence-corrected chi connectivity index (χ3v) is 11.4. The Hall–Kier alpha value is -0.930. The van der Waals surface area contributed by atoms with E-state index in [0.29, 0.717) is 18.3 Å². The van der Waals surface area contributed by atoms with Gasteiger partial charge in [-0.15, -0.1) is 0 Å². The molecule has 3 fully saturated rings. The highest BCUT2D eigenvalue weighted by Gasteiger charge is 2.48. The summed E-state index contributed by atoms with van der Waals surface area (Å²) in [6, 6.07) is -0.990. The molecule has 0 aromatic heterocycles. The summed E-state index contributed by atoms with van der Waals surface area (Å²) in [6.45, 7) is 6.80. The van der Waals surface area contributed by atoms with Gasteiger partial charge in [-0.25, -0.2) is 0 Å². The second-order valence-electron chi connectivity index (χ2n) is 16.2. The maximum Gasteiger partial charge on any atom is 0.220 e. The van der Waals surface area contributed by atoms with Gasteiger partial charge in [-0.3, -0.25) is 4.79 Å². The number of amides is 1. The molecule has 8 atom stereocenters. The minimum Gasteiger partial charge on any atom is -0.394 e. The lowest BCUT2D eigenvalue weighted by Gasteiger charge is -2.55. The molecule has 3 saturated heterocycles. The molecule has 0 aliphatic carbocycles. The Kier molecular flexibility index (Phi) is 22.7. The van der Waals surface area contributed by atoms with Gasteiger partial charge in [0.25, 0.3) is 0 Å². The molecule has 5 unspecified atom stereocenters. The number of carbonyl (C=O) groups is 1. The molecule has 1 amide bonds. The summed E-state index contributed by atoms with van der Waals surface area (Å²) in [4.78, 5) is 15.5. The normalized spacial score (nSPS) is 26.1. The molecule has 3 aliphatic heterocycles. The van der Waals surface area contributed by atoms with E-state index in [2.05, 4.69) is 17.1 Å². The van der Waals surface area contributed by atoms with Crippen LogP contribution in [0.25, 0.3) is 0 Å². The van der Waals surface area contributed by atoms with Crippen LogP contribution in [-0.2, 0) is 19.0 Å². The van der Waals surface area contributed by atoms with E-state index in [1.807, 2.05) is 0 Å². The van der Waals surface area contributed by atoms with Crippen LogP contribution < -0.4 is 5.32 Å². The monoisotopic (exact) mass is 745 g/mol. The number of carbonyl (C=O) groups excluding carboxylic acids is 1. The van der Waals surface area contributed by atoms with Crippen LogP contribution in [0, 0.1) is 5.41 Å². The van der Waals surface area contributed by atoms with Crippen molar-refractivity contribution in [2.75, 3.05) is 46.1 Å². The van der Waals surface area contributed by atoms with Gasteiger partial charge in [0.1, 0.15) is 30.5 Å². The van der Waals surface area contributed by atoms with E-state index >= 15 is 0 Å². The van der Waals surface area contributed by atoms with Crippen LogP contribution in [0.15, 0.2) is 0 Å². The summed E-state index contributed by atoms with van der Waals surface area (Å²) in [5.41, 5.74) is 0.493. The van der Waals surface area contributed by atoms with Crippen LogP contribution >= 0.6 is 0 Å². The van der Waals surface area contributed by atoms with Crippen molar-refractivity contribution >= 4 is 5.91 Å². The Balaban J connectivity index is 1.31. The van der Waals surface area contributed by atoms with Crippen molar-refractivity contribution < 1.29 is 49.6 Å². The van der Waals surface area contributed by atoms with Gasteiger partial charge in [0.15, 0.2) is 6.29 Å². The Morgan fingerprint density at radius 1 is 0.769 bits per heavy atom. The van der Waals surface area contributed by atoms with Crippen molar-refractivity contribution in [1.29, 1.82) is 0 Å². The predicted molar refractivity (Wildman–Crippen MR) is 201 cm³/mol. The van der Waals surface area contributed by atoms with E-state index in [0.717, 1.165) is 58.2 Å². The number of rotatable bonds is 31. The highest BCUT2D eigenvalue weighted by atomic mass is 16.7. The third-order valence-electron chi connectivity index (χ3n) is 11.4. The number of likely N-dealkylation sites (tertiary alicyclic amines) is 1. The topological polar surface area (TPSA) is 181 Å². The van der Waals surface area contributed by atoms with E-state index in [-0.39, 0.29) is 18.9 Å². The van der Waals surface area contributed by atoms with E-state index < -0.39 is 55.6 Å². The van der Waals surface area contributed by atoms with Crippen LogP contribution in [0.1, 0.15) is 148 Å². The molecule has 3 heterocycles. The summed E-state index contributed by atoms with van der Waals surface area (Å²) >= 11 is 0. The number of hydrogen-bond acceptors (Lipinski definition) is 11. The third kappa shape index (κ3) is 16.4. The summed E-state index contributed by atoms with van der Waals surface area (Å²) in [6.07, 6.45) is 14.1. The van der Waals surface area contributed by atoms with E-state index in [4.69, 9.17) is 14.2 Å². The SMILES string of the molecule is CCCCCCCCCCCCCC[C@@H](O)[C@@H](O)[C@H](COC1OC(CO)C(O)C(O)C1O)NC(=O)CCCCCCCCCCN1CC2(COC2)C1. The molecular weight excluding hydrogens is 668 g/mol. The number of nitrogens with one attached hydrogen (secondary N) is 1. The molecule has 12 nitrogen and oxygen atoms in total. The van der Waals surface area contributed by atoms with Gasteiger partial charge in [-0.1, -0.05) is 122 Å². The van der Waals surface area contributed by atoms with Crippen molar-refractivity contribution in [3.63, 3.8) is 0 Å². The van der Waals surface area contributed by atoms with E-state index in [1.54, 1.807) is 0 Å². The van der Waals surface area contributed by atoms with Crippen LogP contribution in [-0.4, -0.2) is 136 Å². The van der Waals surface area contributed by atoms with Crippen LogP contribution in [0.3, 0.4) is 0 Å². The molecule has 0 aromatic rings. The van der Waals surface area contributed by atoms with Crippen molar-refractivity contribution in [2.45, 2.75) is 197 Å². The molecule has 0 bridgehead atoms. The first-order valence-corrected chi connectivity index (χ1v) is 21.1. The molecule has 0 saturated carbocycles. The number of aliphatic hydroxyl groups excluding tert-OH is 6. The first-order chi connectivity index (χ1) is 25.2. The quantitative estimate of drug-likeness (QED) is 0.0511. The number of aliphatic hydroxyl groups is 6. The van der Waals surface area contributed by atoms with Gasteiger partial charge in [0.2, 0.25) is 5.91 Å². The molecule has 7 N–H and O–H groups in total. The number of unbranched alkanes of at least 4 members (excludes halogenated alkanes) is 18. The first-order valence-electron chi connectivity index (χ1n) is 21.1. The van der Waals surface area contributed by atoms with Crippen molar-refractivity contribution in [3.05, 3.63) is 0 Å². The van der Waals surface area contributed by atoms with Crippen molar-refractivity contribution in [3.8, 4) is 0 Å². The van der Waals surface area contributed by atoms with E-state index in [1.165, 1.54) is 96.7 Å². The van der Waals surface area contributed by atoms with Gasteiger partial charge in [0.05, 0.1) is 38.6 Å². The first kappa shape index (κ1) is 45.5. The van der Waals surface area contributed by atoms with Crippen LogP contribution in [0.2, 0.25) is 0 Å².